The molecule has 1 N–H and O–H groups in total. The van der Waals surface area contributed by atoms with Crippen molar-refractivity contribution in [1.82, 2.24) is 20.2 Å². The number of aromatic nitrogens is 2. The van der Waals surface area contributed by atoms with E-state index >= 15 is 0 Å². The predicted molar refractivity (Wildman–Crippen MR) is 135 cm³/mol. The smallest absolute Gasteiger partial charge is 0.194 e. The maximum absolute atomic E-state index is 4.91. The van der Waals surface area contributed by atoms with Crippen LogP contribution in [0.4, 0.5) is 5.82 Å². The number of para-hydroxylation sites is 1. The zero-order chi connectivity index (χ0) is 19.9. The van der Waals surface area contributed by atoms with Crippen LogP contribution >= 0.6 is 24.0 Å². The van der Waals surface area contributed by atoms with Crippen molar-refractivity contribution in [2.45, 2.75) is 13.3 Å². The second-order valence-electron chi connectivity index (χ2n) is 7.14. The van der Waals surface area contributed by atoms with Gasteiger partial charge in [0.15, 0.2) is 5.96 Å². The van der Waals surface area contributed by atoms with Gasteiger partial charge in [-0.1, -0.05) is 30.3 Å². The zero-order valence-corrected chi connectivity index (χ0v) is 19.7. The maximum Gasteiger partial charge on any atom is 0.194 e. The molecule has 0 spiro atoms. The molecule has 1 aromatic carbocycles. The van der Waals surface area contributed by atoms with Gasteiger partial charge >= 0.3 is 0 Å². The fourth-order valence-electron chi connectivity index (χ4n) is 3.77. The number of fused-ring (bicyclic) bond motifs is 1. The molecule has 0 unspecified atom stereocenters. The minimum Gasteiger partial charge on any atom is -0.357 e. The molecule has 0 radical (unpaired) electrons. The van der Waals surface area contributed by atoms with Gasteiger partial charge in [0.1, 0.15) is 5.82 Å². The zero-order valence-electron chi connectivity index (χ0n) is 17.4. The van der Waals surface area contributed by atoms with E-state index in [0.29, 0.717) is 0 Å². The normalized spacial score (nSPS) is 14.5. The van der Waals surface area contributed by atoms with Crippen molar-refractivity contribution in [3.63, 3.8) is 0 Å². The van der Waals surface area contributed by atoms with Crippen molar-refractivity contribution in [3.8, 4) is 0 Å². The summed E-state index contributed by atoms with van der Waals surface area (Å²) in [5.74, 6) is 2.05. The molecule has 3 aromatic rings. The molecule has 0 aliphatic carbocycles. The summed E-state index contributed by atoms with van der Waals surface area (Å²) in [6.45, 7) is 7.53. The Morgan fingerprint density at radius 3 is 2.53 bits per heavy atom. The van der Waals surface area contributed by atoms with Gasteiger partial charge in [-0.15, -0.1) is 24.0 Å². The first-order valence-corrected chi connectivity index (χ1v) is 10.4. The first-order chi connectivity index (χ1) is 14.3. The van der Waals surface area contributed by atoms with Crippen LogP contribution < -0.4 is 10.2 Å². The average molecular weight is 516 g/mol. The average Bonchev–Trinajstić information content (AvgIpc) is 2.79. The first kappa shape index (κ1) is 22.3. The minimum absolute atomic E-state index is 0. The molecule has 2 aromatic heterocycles. The summed E-state index contributed by atoms with van der Waals surface area (Å²) < 4.78 is 0. The molecular weight excluding hydrogens is 487 g/mol. The lowest BCUT2D eigenvalue weighted by atomic mass is 10.1. The van der Waals surface area contributed by atoms with E-state index in [0.717, 1.165) is 63.0 Å². The van der Waals surface area contributed by atoms with E-state index in [1.54, 1.807) is 0 Å². The summed E-state index contributed by atoms with van der Waals surface area (Å²) in [6, 6.07) is 16.5. The third kappa shape index (κ3) is 5.38. The van der Waals surface area contributed by atoms with Crippen molar-refractivity contribution < 1.29 is 0 Å². The Labute approximate surface area is 195 Å². The third-order valence-electron chi connectivity index (χ3n) is 5.25. The van der Waals surface area contributed by atoms with E-state index in [1.807, 2.05) is 30.6 Å². The second-order valence-corrected chi connectivity index (χ2v) is 7.14. The number of guanidine groups is 1. The van der Waals surface area contributed by atoms with Crippen LogP contribution in [0, 0.1) is 0 Å². The lowest BCUT2D eigenvalue weighted by Crippen LogP contribution is -2.52. The molecule has 1 aliphatic heterocycles. The number of rotatable bonds is 5. The van der Waals surface area contributed by atoms with Crippen molar-refractivity contribution >= 4 is 46.7 Å². The second kappa shape index (κ2) is 11.1. The molecular formula is C23H29IN6. The Kier molecular flexibility index (Phi) is 8.24. The van der Waals surface area contributed by atoms with E-state index in [1.165, 1.54) is 10.9 Å². The summed E-state index contributed by atoms with van der Waals surface area (Å²) in [7, 11) is 0. The summed E-state index contributed by atoms with van der Waals surface area (Å²) in [5, 5.41) is 4.64. The lowest BCUT2D eigenvalue weighted by molar-refractivity contribution is 0.371. The number of halogens is 1. The van der Waals surface area contributed by atoms with Crippen LogP contribution in [-0.2, 0) is 6.42 Å². The molecule has 0 bridgehead atoms. The Bertz CT molecular complexity index is 949. The topological polar surface area (TPSA) is 56.7 Å². The van der Waals surface area contributed by atoms with Crippen molar-refractivity contribution in [1.29, 1.82) is 0 Å². The van der Waals surface area contributed by atoms with Gasteiger partial charge in [-0.05, 0) is 37.1 Å². The largest absolute Gasteiger partial charge is 0.357 e. The van der Waals surface area contributed by atoms with E-state index in [-0.39, 0.29) is 24.0 Å². The highest BCUT2D eigenvalue weighted by atomic mass is 127. The van der Waals surface area contributed by atoms with Gasteiger partial charge in [0, 0.05) is 57.0 Å². The van der Waals surface area contributed by atoms with Gasteiger partial charge in [0.2, 0.25) is 0 Å². The number of aliphatic imine (C=N–C) groups is 1. The van der Waals surface area contributed by atoms with Crippen molar-refractivity contribution in [2.75, 3.05) is 44.2 Å². The number of piperazine rings is 1. The van der Waals surface area contributed by atoms with Crippen LogP contribution in [0.1, 0.15) is 12.5 Å². The molecule has 6 nitrogen and oxygen atoms in total. The highest BCUT2D eigenvalue weighted by molar-refractivity contribution is 14.0. The summed E-state index contributed by atoms with van der Waals surface area (Å²) in [4.78, 5) is 18.6. The van der Waals surface area contributed by atoms with E-state index in [9.17, 15) is 0 Å². The summed E-state index contributed by atoms with van der Waals surface area (Å²) >= 11 is 0. The third-order valence-corrected chi connectivity index (χ3v) is 5.25. The predicted octanol–water partition coefficient (Wildman–Crippen LogP) is 3.58. The number of pyridine rings is 2. The van der Waals surface area contributed by atoms with Crippen LogP contribution in [0.15, 0.2) is 65.9 Å². The summed E-state index contributed by atoms with van der Waals surface area (Å²) in [6.07, 6.45) is 4.60. The maximum atomic E-state index is 4.91. The number of benzene rings is 1. The Morgan fingerprint density at radius 2 is 1.77 bits per heavy atom. The highest BCUT2D eigenvalue weighted by Gasteiger charge is 2.20. The van der Waals surface area contributed by atoms with Crippen LogP contribution in [0.3, 0.4) is 0 Å². The molecule has 0 atom stereocenters. The number of nitrogens with zero attached hydrogens (tertiary/aromatic N) is 5. The van der Waals surface area contributed by atoms with Crippen molar-refractivity contribution in [3.05, 3.63) is 66.5 Å². The van der Waals surface area contributed by atoms with Gasteiger partial charge in [0.05, 0.1) is 5.52 Å². The minimum atomic E-state index is 0. The van der Waals surface area contributed by atoms with Crippen molar-refractivity contribution in [2.24, 2.45) is 4.99 Å². The lowest BCUT2D eigenvalue weighted by Gasteiger charge is -2.37. The van der Waals surface area contributed by atoms with E-state index < -0.39 is 0 Å². The van der Waals surface area contributed by atoms with Gasteiger partial charge in [-0.2, -0.15) is 0 Å². The number of anilines is 1. The molecule has 1 saturated heterocycles. The standard InChI is InChI=1S/C23H28N6.HI/c1-2-24-23(29-17-15-28(16-18-29)21-10-3-4-12-25-21)27-14-11-20-8-5-7-19-9-6-13-26-22(19)20;/h3-10,12-13H,2,11,14-18H2,1H3,(H,24,27);1H. The van der Waals surface area contributed by atoms with Crippen LogP contribution in [0.5, 0.6) is 0 Å². The molecule has 158 valence electrons. The highest BCUT2D eigenvalue weighted by Crippen LogP contribution is 2.17. The molecule has 7 heteroatoms. The van der Waals surface area contributed by atoms with Crippen LogP contribution in [0.25, 0.3) is 10.9 Å². The molecule has 0 amide bonds. The number of nitrogens with one attached hydrogen (secondary N) is 1. The molecule has 1 fully saturated rings. The number of hydrogen-bond acceptors (Lipinski definition) is 4. The monoisotopic (exact) mass is 516 g/mol. The summed E-state index contributed by atoms with van der Waals surface area (Å²) in [5.41, 5.74) is 2.34. The van der Waals surface area contributed by atoms with Gasteiger partial charge in [-0.25, -0.2) is 4.98 Å². The molecule has 4 rings (SSSR count). The Morgan fingerprint density at radius 1 is 0.967 bits per heavy atom. The van der Waals surface area contributed by atoms with Crippen LogP contribution in [0.2, 0.25) is 0 Å². The van der Waals surface area contributed by atoms with E-state index in [4.69, 9.17) is 4.99 Å². The van der Waals surface area contributed by atoms with Crippen LogP contribution in [-0.4, -0.2) is 60.1 Å². The van der Waals surface area contributed by atoms with Gasteiger partial charge in [0.25, 0.3) is 0 Å². The van der Waals surface area contributed by atoms with E-state index in [2.05, 4.69) is 62.3 Å². The molecule has 30 heavy (non-hydrogen) atoms. The first-order valence-electron chi connectivity index (χ1n) is 10.4. The molecule has 1 aliphatic rings. The quantitative estimate of drug-likeness (QED) is 0.319. The Balaban J connectivity index is 0.00000256. The SMILES string of the molecule is CCNC(=NCCc1cccc2cccnc12)N1CCN(c2ccccn2)CC1.I. The van der Waals surface area contributed by atoms with Gasteiger partial charge < -0.3 is 15.1 Å². The number of hydrogen-bond donors (Lipinski definition) is 1. The molecule has 3 heterocycles. The fraction of sp³-hybridized carbons (Fsp3) is 0.348. The fourth-order valence-corrected chi connectivity index (χ4v) is 3.77. The van der Waals surface area contributed by atoms with Gasteiger partial charge in [-0.3, -0.25) is 9.98 Å². The Hall–Kier alpha value is -2.42. The molecule has 0 saturated carbocycles.